The number of rotatable bonds is 3. The van der Waals surface area contributed by atoms with Gasteiger partial charge in [0.2, 0.25) is 0 Å². The van der Waals surface area contributed by atoms with Crippen LogP contribution < -0.4 is 0 Å². The van der Waals surface area contributed by atoms with Crippen molar-refractivity contribution < 1.29 is 18.0 Å². The van der Waals surface area contributed by atoms with E-state index in [1.165, 1.54) is 25.1 Å². The van der Waals surface area contributed by atoms with Gasteiger partial charge in [-0.05, 0) is 59.0 Å². The maximum absolute atomic E-state index is 12.1. The van der Waals surface area contributed by atoms with Gasteiger partial charge in [-0.3, -0.25) is 4.79 Å². The maximum Gasteiger partial charge on any atom is 0.446 e. The van der Waals surface area contributed by atoms with Crippen molar-refractivity contribution in [3.63, 3.8) is 0 Å². The van der Waals surface area contributed by atoms with Gasteiger partial charge in [0.25, 0.3) is 0 Å². The molecule has 0 aliphatic rings. The fraction of sp³-hybridized carbons (Fsp3) is 0.300. The van der Waals surface area contributed by atoms with Crippen LogP contribution in [0.1, 0.15) is 17.9 Å². The second-order valence-electron chi connectivity index (χ2n) is 3.20. The van der Waals surface area contributed by atoms with Crippen molar-refractivity contribution in [2.24, 2.45) is 0 Å². The Morgan fingerprint density at radius 2 is 2.06 bits per heavy atom. The molecule has 7 heteroatoms. The average Bonchev–Trinajstić information content (AvgIpc) is 2.14. The number of ketones is 1. The largest absolute Gasteiger partial charge is 0.446 e. The number of hydrogen-bond donors (Lipinski definition) is 0. The standard InChI is InChI=1S/C10H7ClF3IOS/c1-5(16)9(11)7-3-2-6(4-8(7)15)17-10(12,13)14/h2-4,9H,1H3. The fourth-order valence-corrected chi connectivity index (χ4v) is 3.12. The summed E-state index contributed by atoms with van der Waals surface area (Å²) in [6.45, 7) is 1.34. The molecule has 0 aliphatic heterocycles. The third-order valence-corrected chi connectivity index (χ3v) is 4.03. The average molecular weight is 395 g/mol. The Morgan fingerprint density at radius 1 is 1.47 bits per heavy atom. The summed E-state index contributed by atoms with van der Waals surface area (Å²) in [6, 6.07) is 4.13. The van der Waals surface area contributed by atoms with Crippen LogP contribution in [0.5, 0.6) is 0 Å². The first-order chi connectivity index (χ1) is 7.70. The van der Waals surface area contributed by atoms with Crippen LogP contribution in [0.3, 0.4) is 0 Å². The number of hydrogen-bond acceptors (Lipinski definition) is 2. The molecule has 0 radical (unpaired) electrons. The summed E-state index contributed by atoms with van der Waals surface area (Å²) in [6.07, 6.45) is 0. The van der Waals surface area contributed by atoms with Crippen molar-refractivity contribution in [1.82, 2.24) is 0 Å². The molecule has 0 N–H and O–H groups in total. The quantitative estimate of drug-likeness (QED) is 0.417. The topological polar surface area (TPSA) is 17.1 Å². The number of benzene rings is 1. The van der Waals surface area contributed by atoms with Crippen LogP contribution in [0.2, 0.25) is 0 Å². The van der Waals surface area contributed by atoms with Gasteiger partial charge in [0.1, 0.15) is 5.38 Å². The van der Waals surface area contributed by atoms with Crippen LogP contribution >= 0.6 is 46.0 Å². The summed E-state index contributed by atoms with van der Waals surface area (Å²) in [5.74, 6) is -0.235. The van der Waals surface area contributed by atoms with Crippen LogP contribution in [0.15, 0.2) is 23.1 Å². The predicted molar refractivity (Wildman–Crippen MR) is 70.3 cm³/mol. The summed E-state index contributed by atoms with van der Waals surface area (Å²) >= 11 is 7.53. The summed E-state index contributed by atoms with van der Waals surface area (Å²) in [7, 11) is 0. The molecule has 1 unspecified atom stereocenters. The van der Waals surface area contributed by atoms with Gasteiger partial charge in [-0.25, -0.2) is 0 Å². The Morgan fingerprint density at radius 3 is 2.47 bits per heavy atom. The van der Waals surface area contributed by atoms with E-state index in [1.54, 1.807) is 0 Å². The Balaban J connectivity index is 2.98. The van der Waals surface area contributed by atoms with Crippen molar-refractivity contribution >= 4 is 51.7 Å². The lowest BCUT2D eigenvalue weighted by Gasteiger charge is -2.11. The third kappa shape index (κ3) is 4.67. The third-order valence-electron chi connectivity index (χ3n) is 1.84. The zero-order valence-corrected chi connectivity index (χ0v) is 12.2. The lowest BCUT2D eigenvalue weighted by molar-refractivity contribution is -0.116. The van der Waals surface area contributed by atoms with Crippen molar-refractivity contribution in [2.75, 3.05) is 0 Å². The summed E-state index contributed by atoms with van der Waals surface area (Å²) in [5.41, 5.74) is -3.78. The Kier molecular flexibility index (Phi) is 5.15. The van der Waals surface area contributed by atoms with Crippen LogP contribution in [-0.2, 0) is 4.79 Å². The van der Waals surface area contributed by atoms with Crippen LogP contribution in [0, 0.1) is 3.57 Å². The Labute approximate surface area is 119 Å². The smallest absolute Gasteiger partial charge is 0.298 e. The molecule has 0 heterocycles. The van der Waals surface area contributed by atoms with Gasteiger partial charge in [-0.15, -0.1) is 11.6 Å². The highest BCUT2D eigenvalue weighted by Crippen LogP contribution is 2.38. The highest BCUT2D eigenvalue weighted by atomic mass is 127. The highest BCUT2D eigenvalue weighted by molar-refractivity contribution is 14.1. The van der Waals surface area contributed by atoms with E-state index in [1.807, 2.05) is 22.6 Å². The van der Waals surface area contributed by atoms with E-state index in [0.717, 1.165) is 0 Å². The second kappa shape index (κ2) is 5.79. The molecule has 0 aromatic heterocycles. The van der Waals surface area contributed by atoms with Crippen molar-refractivity contribution in [3.8, 4) is 0 Å². The normalized spacial score (nSPS) is 13.5. The molecule has 94 valence electrons. The maximum atomic E-state index is 12.1. The van der Waals surface area contributed by atoms with E-state index in [9.17, 15) is 18.0 Å². The molecule has 0 fully saturated rings. The molecule has 0 saturated carbocycles. The summed E-state index contributed by atoms with van der Waals surface area (Å²) in [4.78, 5) is 11.2. The minimum absolute atomic E-state index is 0.0815. The lowest BCUT2D eigenvalue weighted by Crippen LogP contribution is -2.04. The van der Waals surface area contributed by atoms with Gasteiger partial charge < -0.3 is 0 Å². The molecule has 0 amide bonds. The van der Waals surface area contributed by atoms with E-state index < -0.39 is 10.9 Å². The van der Waals surface area contributed by atoms with Gasteiger partial charge >= 0.3 is 5.51 Å². The van der Waals surface area contributed by atoms with Crippen LogP contribution in [0.25, 0.3) is 0 Å². The van der Waals surface area contributed by atoms with Gasteiger partial charge in [0.05, 0.1) is 0 Å². The number of carbonyl (C=O) groups excluding carboxylic acids is 1. The van der Waals surface area contributed by atoms with Gasteiger partial charge in [0, 0.05) is 8.47 Å². The van der Waals surface area contributed by atoms with Crippen molar-refractivity contribution in [1.29, 1.82) is 0 Å². The first-order valence-electron chi connectivity index (χ1n) is 4.40. The minimum Gasteiger partial charge on any atom is -0.298 e. The fourth-order valence-electron chi connectivity index (χ4n) is 1.13. The number of halogens is 5. The molecule has 0 saturated heterocycles. The van der Waals surface area contributed by atoms with E-state index in [2.05, 4.69) is 0 Å². The first-order valence-corrected chi connectivity index (χ1v) is 6.73. The molecule has 0 spiro atoms. The molecule has 1 nitrogen and oxygen atoms in total. The Hall–Kier alpha value is 0.0500. The van der Waals surface area contributed by atoms with E-state index in [-0.39, 0.29) is 22.4 Å². The summed E-state index contributed by atoms with van der Waals surface area (Å²) in [5, 5.41) is -0.813. The zero-order valence-electron chi connectivity index (χ0n) is 8.52. The monoisotopic (exact) mass is 394 g/mol. The number of Topliss-reactive ketones (excluding diaryl/α,β-unsaturated/α-hetero) is 1. The van der Waals surface area contributed by atoms with Crippen LogP contribution in [-0.4, -0.2) is 11.3 Å². The second-order valence-corrected chi connectivity index (χ2v) is 5.94. The van der Waals surface area contributed by atoms with E-state index in [0.29, 0.717) is 9.13 Å². The summed E-state index contributed by atoms with van der Waals surface area (Å²) < 4.78 is 37.0. The molecular formula is C10H7ClF3IOS. The highest BCUT2D eigenvalue weighted by Gasteiger charge is 2.29. The zero-order chi connectivity index (χ0) is 13.2. The van der Waals surface area contributed by atoms with Gasteiger partial charge in [0.15, 0.2) is 5.78 Å². The minimum atomic E-state index is -4.31. The first kappa shape index (κ1) is 15.1. The molecule has 1 aromatic rings. The molecule has 0 bridgehead atoms. The van der Waals surface area contributed by atoms with Gasteiger partial charge in [-0.1, -0.05) is 6.07 Å². The van der Waals surface area contributed by atoms with E-state index in [4.69, 9.17) is 11.6 Å². The molecular weight excluding hydrogens is 388 g/mol. The number of carbonyl (C=O) groups is 1. The van der Waals surface area contributed by atoms with Crippen molar-refractivity contribution in [2.45, 2.75) is 22.7 Å². The molecule has 1 aromatic carbocycles. The SMILES string of the molecule is CC(=O)C(Cl)c1ccc(SC(F)(F)F)cc1I. The van der Waals surface area contributed by atoms with E-state index >= 15 is 0 Å². The Bertz CT molecular complexity index is 436. The molecule has 0 aliphatic carbocycles. The van der Waals surface area contributed by atoms with Crippen LogP contribution in [0.4, 0.5) is 13.2 Å². The lowest BCUT2D eigenvalue weighted by atomic mass is 10.1. The number of alkyl halides is 4. The predicted octanol–water partition coefficient (Wildman–Crippen LogP) is 4.77. The molecule has 17 heavy (non-hydrogen) atoms. The molecule has 1 atom stereocenters. The van der Waals surface area contributed by atoms with Gasteiger partial charge in [-0.2, -0.15) is 13.2 Å². The number of thioether (sulfide) groups is 1. The van der Waals surface area contributed by atoms with Crippen molar-refractivity contribution in [3.05, 3.63) is 27.3 Å². The molecule has 1 rings (SSSR count).